The number of carbonyl (C=O) groups excluding carboxylic acids is 3. The third-order valence-electron chi connectivity index (χ3n) is 6.30. The molecule has 0 aliphatic carbocycles. The standard InChI is InChI=1S/C28H31N3O4S/c1-4-20-11-10-14-23-21(18-30(26(20)23)19-25(32)29(5-2)6-3)17-24-27(33)31(28(34)36-24)15-16-35-22-12-8-7-9-13-22/h7-14,17-18H,4-6,15-16,19H2,1-3H3/b24-17-. The number of thioether (sulfide) groups is 1. The van der Waals surface area contributed by atoms with Crippen molar-refractivity contribution in [3.63, 3.8) is 0 Å². The van der Waals surface area contributed by atoms with Crippen LogP contribution >= 0.6 is 11.8 Å². The Kier molecular flexibility index (Phi) is 8.15. The van der Waals surface area contributed by atoms with Crippen LogP contribution in [0, 0.1) is 0 Å². The molecule has 2 heterocycles. The minimum atomic E-state index is -0.326. The van der Waals surface area contributed by atoms with Crippen molar-refractivity contribution in [2.45, 2.75) is 33.7 Å². The number of benzene rings is 2. The van der Waals surface area contributed by atoms with E-state index in [1.807, 2.05) is 72.0 Å². The Balaban J connectivity index is 1.59. The average Bonchev–Trinajstić information content (AvgIpc) is 3.37. The van der Waals surface area contributed by atoms with Crippen molar-refractivity contribution in [2.24, 2.45) is 0 Å². The Morgan fingerprint density at radius 3 is 2.47 bits per heavy atom. The summed E-state index contributed by atoms with van der Waals surface area (Å²) in [6, 6.07) is 15.3. The third-order valence-corrected chi connectivity index (χ3v) is 7.21. The zero-order chi connectivity index (χ0) is 25.7. The molecule has 36 heavy (non-hydrogen) atoms. The fourth-order valence-electron chi connectivity index (χ4n) is 4.42. The number of hydrogen-bond acceptors (Lipinski definition) is 5. The second-order valence-electron chi connectivity index (χ2n) is 8.44. The molecule has 1 fully saturated rings. The molecule has 1 aliphatic rings. The Labute approximate surface area is 215 Å². The van der Waals surface area contributed by atoms with Crippen LogP contribution < -0.4 is 4.74 Å². The third kappa shape index (κ3) is 5.33. The van der Waals surface area contributed by atoms with Gasteiger partial charge in [0.15, 0.2) is 0 Å². The number of fused-ring (bicyclic) bond motifs is 1. The van der Waals surface area contributed by atoms with Crippen molar-refractivity contribution in [1.29, 1.82) is 0 Å². The molecular formula is C28H31N3O4S. The van der Waals surface area contributed by atoms with Gasteiger partial charge in [0.05, 0.1) is 17.0 Å². The number of para-hydroxylation sites is 2. The van der Waals surface area contributed by atoms with Gasteiger partial charge in [0.25, 0.3) is 11.1 Å². The van der Waals surface area contributed by atoms with E-state index in [2.05, 4.69) is 13.0 Å². The van der Waals surface area contributed by atoms with Crippen molar-refractivity contribution in [3.05, 3.63) is 70.8 Å². The molecule has 3 aromatic rings. The highest BCUT2D eigenvalue weighted by Crippen LogP contribution is 2.35. The Morgan fingerprint density at radius 2 is 1.78 bits per heavy atom. The molecule has 0 spiro atoms. The zero-order valence-electron chi connectivity index (χ0n) is 20.9. The summed E-state index contributed by atoms with van der Waals surface area (Å²) in [7, 11) is 0. The normalized spacial score (nSPS) is 14.8. The highest BCUT2D eigenvalue weighted by Gasteiger charge is 2.35. The van der Waals surface area contributed by atoms with Crippen molar-refractivity contribution >= 4 is 45.8 Å². The summed E-state index contributed by atoms with van der Waals surface area (Å²) in [5.41, 5.74) is 2.94. The van der Waals surface area contributed by atoms with Gasteiger partial charge in [-0.25, -0.2) is 0 Å². The maximum Gasteiger partial charge on any atom is 0.293 e. The maximum atomic E-state index is 13.1. The number of carbonyl (C=O) groups is 3. The van der Waals surface area contributed by atoms with Gasteiger partial charge in [-0.3, -0.25) is 19.3 Å². The van der Waals surface area contributed by atoms with Crippen LogP contribution in [0.3, 0.4) is 0 Å². The summed E-state index contributed by atoms with van der Waals surface area (Å²) in [6.07, 6.45) is 4.50. The van der Waals surface area contributed by atoms with Crippen molar-refractivity contribution in [3.8, 4) is 5.75 Å². The first-order valence-electron chi connectivity index (χ1n) is 12.3. The molecule has 0 radical (unpaired) electrons. The second-order valence-corrected chi connectivity index (χ2v) is 9.43. The van der Waals surface area contributed by atoms with Crippen LogP contribution in [0.2, 0.25) is 0 Å². The number of rotatable bonds is 10. The molecule has 1 aliphatic heterocycles. The first kappa shape index (κ1) is 25.6. The summed E-state index contributed by atoms with van der Waals surface area (Å²) >= 11 is 0.935. The molecule has 2 aromatic carbocycles. The van der Waals surface area contributed by atoms with E-state index in [-0.39, 0.29) is 36.7 Å². The number of aromatic nitrogens is 1. The van der Waals surface area contributed by atoms with Crippen LogP contribution in [0.25, 0.3) is 17.0 Å². The highest BCUT2D eigenvalue weighted by atomic mass is 32.2. The Morgan fingerprint density at radius 1 is 1.03 bits per heavy atom. The molecule has 8 heteroatoms. The van der Waals surface area contributed by atoms with Gasteiger partial charge in [-0.1, -0.05) is 43.3 Å². The fraction of sp³-hybridized carbons (Fsp3) is 0.321. The quantitative estimate of drug-likeness (QED) is 0.355. The molecule has 0 N–H and O–H groups in total. The molecular weight excluding hydrogens is 474 g/mol. The average molecular weight is 506 g/mol. The van der Waals surface area contributed by atoms with E-state index in [1.54, 1.807) is 6.08 Å². The van der Waals surface area contributed by atoms with Crippen LogP contribution in [0.4, 0.5) is 4.79 Å². The lowest BCUT2D eigenvalue weighted by Crippen LogP contribution is -2.33. The molecule has 1 aromatic heterocycles. The lowest BCUT2D eigenvalue weighted by molar-refractivity contribution is -0.131. The highest BCUT2D eigenvalue weighted by molar-refractivity contribution is 8.18. The van der Waals surface area contributed by atoms with E-state index in [1.165, 1.54) is 4.90 Å². The molecule has 0 saturated carbocycles. The van der Waals surface area contributed by atoms with Crippen LogP contribution in [0.5, 0.6) is 5.75 Å². The van der Waals surface area contributed by atoms with Gasteiger partial charge in [0.2, 0.25) is 5.91 Å². The monoisotopic (exact) mass is 505 g/mol. The van der Waals surface area contributed by atoms with Crippen LogP contribution in [0.15, 0.2) is 59.6 Å². The number of imide groups is 1. The van der Waals surface area contributed by atoms with E-state index in [0.717, 1.165) is 40.2 Å². The lowest BCUT2D eigenvalue weighted by Gasteiger charge is -2.19. The molecule has 0 bridgehead atoms. The van der Waals surface area contributed by atoms with Crippen LogP contribution in [0.1, 0.15) is 31.9 Å². The summed E-state index contributed by atoms with van der Waals surface area (Å²) in [6.45, 7) is 7.96. The van der Waals surface area contributed by atoms with E-state index in [0.29, 0.717) is 23.7 Å². The predicted molar refractivity (Wildman–Crippen MR) is 144 cm³/mol. The van der Waals surface area contributed by atoms with Crippen LogP contribution in [-0.2, 0) is 22.6 Å². The number of likely N-dealkylation sites (N-methyl/N-ethyl adjacent to an activating group) is 1. The lowest BCUT2D eigenvalue weighted by atomic mass is 10.1. The molecule has 0 unspecified atom stereocenters. The maximum absolute atomic E-state index is 13.1. The SMILES string of the molecule is CCc1cccc2c(/C=C3\SC(=O)N(CCOc4ccccc4)C3=O)cn(CC(=O)N(CC)CC)c12. The van der Waals surface area contributed by atoms with Crippen molar-refractivity contribution < 1.29 is 19.1 Å². The van der Waals surface area contributed by atoms with Gasteiger partial charge < -0.3 is 14.2 Å². The minimum absolute atomic E-state index is 0.0492. The molecule has 0 atom stereocenters. The minimum Gasteiger partial charge on any atom is -0.492 e. The number of hydrogen-bond donors (Lipinski definition) is 0. The molecule has 4 rings (SSSR count). The van der Waals surface area contributed by atoms with E-state index >= 15 is 0 Å². The number of nitrogens with zero attached hydrogens (tertiary/aromatic N) is 3. The first-order chi connectivity index (χ1) is 17.5. The number of ether oxygens (including phenoxy) is 1. The van der Waals surface area contributed by atoms with Gasteiger partial charge in [-0.15, -0.1) is 0 Å². The van der Waals surface area contributed by atoms with Gasteiger partial charge >= 0.3 is 0 Å². The van der Waals surface area contributed by atoms with Gasteiger partial charge in [-0.2, -0.15) is 0 Å². The second kappa shape index (κ2) is 11.5. The van der Waals surface area contributed by atoms with Gasteiger partial charge in [0.1, 0.15) is 18.9 Å². The summed E-state index contributed by atoms with van der Waals surface area (Å²) in [5.74, 6) is 0.417. The smallest absolute Gasteiger partial charge is 0.293 e. The summed E-state index contributed by atoms with van der Waals surface area (Å²) in [4.78, 5) is 41.9. The largest absolute Gasteiger partial charge is 0.492 e. The fourth-order valence-corrected chi connectivity index (χ4v) is 5.27. The predicted octanol–water partition coefficient (Wildman–Crippen LogP) is 5.19. The number of amides is 3. The van der Waals surface area contributed by atoms with Crippen molar-refractivity contribution in [1.82, 2.24) is 14.4 Å². The van der Waals surface area contributed by atoms with Gasteiger partial charge in [-0.05, 0) is 55.8 Å². The zero-order valence-corrected chi connectivity index (χ0v) is 21.7. The molecule has 7 nitrogen and oxygen atoms in total. The van der Waals surface area contributed by atoms with Crippen LogP contribution in [-0.4, -0.2) is 57.7 Å². The van der Waals surface area contributed by atoms with E-state index in [4.69, 9.17) is 4.74 Å². The number of aryl methyl sites for hydroxylation is 1. The summed E-state index contributed by atoms with van der Waals surface area (Å²) in [5, 5.41) is 0.651. The van der Waals surface area contributed by atoms with E-state index in [9.17, 15) is 14.4 Å². The molecule has 3 amide bonds. The summed E-state index contributed by atoms with van der Waals surface area (Å²) < 4.78 is 7.64. The van der Waals surface area contributed by atoms with Crippen molar-refractivity contribution in [2.75, 3.05) is 26.2 Å². The van der Waals surface area contributed by atoms with Gasteiger partial charge in [0, 0.05) is 30.2 Å². The topological polar surface area (TPSA) is 71.8 Å². The molecule has 188 valence electrons. The van der Waals surface area contributed by atoms with E-state index < -0.39 is 0 Å². The molecule has 1 saturated heterocycles. The Hall–Kier alpha value is -3.52. The first-order valence-corrected chi connectivity index (χ1v) is 13.1. The Bertz CT molecular complexity index is 1290.